The Labute approximate surface area is 202 Å². The van der Waals surface area contributed by atoms with Crippen LogP contribution in [0.4, 0.5) is 11.4 Å². The molecule has 0 aliphatic heterocycles. The predicted octanol–water partition coefficient (Wildman–Crippen LogP) is 4.43. The standard InChI is InChI=1S/C25H28N2O6S/c1-15(23(28)27-21-14-17(32-2)10-13-22(21)33-3)34-18-11-8-16(9-12-18)26-24(29)19-6-4-5-7-20(19)25(30)31/h4-5,8-15,19-20H,6-7H2,1-3H3,(H,26,29)(H,27,28)(H,30,31). The Balaban J connectivity index is 1.59. The van der Waals surface area contributed by atoms with Crippen molar-refractivity contribution < 1.29 is 29.0 Å². The summed E-state index contributed by atoms with van der Waals surface area (Å²) in [5.74, 6) is -1.65. The van der Waals surface area contributed by atoms with Gasteiger partial charge >= 0.3 is 5.97 Å². The predicted molar refractivity (Wildman–Crippen MR) is 132 cm³/mol. The van der Waals surface area contributed by atoms with E-state index in [9.17, 15) is 19.5 Å². The molecule has 0 bridgehead atoms. The molecule has 3 unspecified atom stereocenters. The molecule has 3 atom stereocenters. The van der Waals surface area contributed by atoms with E-state index in [4.69, 9.17) is 9.47 Å². The van der Waals surface area contributed by atoms with Crippen LogP contribution in [0.25, 0.3) is 0 Å². The second-order valence-electron chi connectivity index (χ2n) is 7.82. The lowest BCUT2D eigenvalue weighted by atomic mass is 9.82. The summed E-state index contributed by atoms with van der Waals surface area (Å²) in [5.41, 5.74) is 1.10. The van der Waals surface area contributed by atoms with Gasteiger partial charge in [-0.25, -0.2) is 0 Å². The first-order valence-electron chi connectivity index (χ1n) is 10.8. The number of hydrogen-bond donors (Lipinski definition) is 3. The fourth-order valence-electron chi connectivity index (χ4n) is 3.63. The molecule has 180 valence electrons. The van der Waals surface area contributed by atoms with Crippen molar-refractivity contribution in [1.82, 2.24) is 0 Å². The number of aliphatic carboxylic acids is 1. The third-order valence-electron chi connectivity index (χ3n) is 5.55. The van der Waals surface area contributed by atoms with Crippen LogP contribution in [-0.2, 0) is 14.4 Å². The summed E-state index contributed by atoms with van der Waals surface area (Å²) < 4.78 is 10.5. The molecule has 34 heavy (non-hydrogen) atoms. The topological polar surface area (TPSA) is 114 Å². The fourth-order valence-corrected chi connectivity index (χ4v) is 4.50. The molecule has 1 aliphatic carbocycles. The van der Waals surface area contributed by atoms with E-state index in [1.54, 1.807) is 50.4 Å². The Bertz CT molecular complexity index is 1070. The van der Waals surface area contributed by atoms with Crippen molar-refractivity contribution in [1.29, 1.82) is 0 Å². The molecule has 0 saturated heterocycles. The number of methoxy groups -OCH3 is 2. The lowest BCUT2D eigenvalue weighted by Gasteiger charge is -2.24. The normalized spacial score (nSPS) is 18.0. The molecular formula is C25H28N2O6S. The maximum Gasteiger partial charge on any atom is 0.307 e. The summed E-state index contributed by atoms with van der Waals surface area (Å²) >= 11 is 1.37. The minimum Gasteiger partial charge on any atom is -0.497 e. The Hall–Kier alpha value is -3.46. The van der Waals surface area contributed by atoms with Crippen LogP contribution in [0.15, 0.2) is 59.5 Å². The first-order valence-corrected chi connectivity index (χ1v) is 11.7. The van der Waals surface area contributed by atoms with Crippen LogP contribution in [0.1, 0.15) is 19.8 Å². The van der Waals surface area contributed by atoms with Crippen LogP contribution in [0.5, 0.6) is 11.5 Å². The monoisotopic (exact) mass is 484 g/mol. The Morgan fingerprint density at radius 2 is 1.65 bits per heavy atom. The number of thioether (sulfide) groups is 1. The van der Waals surface area contributed by atoms with Crippen molar-refractivity contribution >= 4 is 40.9 Å². The number of carbonyl (C=O) groups excluding carboxylic acids is 2. The van der Waals surface area contributed by atoms with E-state index in [1.165, 1.54) is 18.9 Å². The molecule has 0 heterocycles. The van der Waals surface area contributed by atoms with Gasteiger partial charge in [-0.3, -0.25) is 14.4 Å². The molecule has 0 fully saturated rings. The number of allylic oxidation sites excluding steroid dienone is 2. The van der Waals surface area contributed by atoms with Gasteiger partial charge in [0.05, 0.1) is 37.0 Å². The highest BCUT2D eigenvalue weighted by Crippen LogP contribution is 2.31. The highest BCUT2D eigenvalue weighted by molar-refractivity contribution is 8.00. The fraction of sp³-hybridized carbons (Fsp3) is 0.320. The average molecular weight is 485 g/mol. The molecule has 2 aromatic carbocycles. The number of nitrogens with one attached hydrogen (secondary N) is 2. The van der Waals surface area contributed by atoms with E-state index in [0.29, 0.717) is 35.7 Å². The van der Waals surface area contributed by atoms with Crippen molar-refractivity contribution in [2.45, 2.75) is 29.9 Å². The number of carbonyl (C=O) groups is 3. The Morgan fingerprint density at radius 3 is 2.26 bits per heavy atom. The summed E-state index contributed by atoms with van der Waals surface area (Å²) in [6.45, 7) is 1.80. The zero-order valence-corrected chi connectivity index (χ0v) is 20.1. The van der Waals surface area contributed by atoms with Crippen molar-refractivity contribution in [2.75, 3.05) is 24.9 Å². The van der Waals surface area contributed by atoms with Gasteiger partial charge in [-0.15, -0.1) is 11.8 Å². The number of rotatable bonds is 9. The zero-order chi connectivity index (χ0) is 24.7. The molecule has 8 nitrogen and oxygen atoms in total. The molecule has 0 spiro atoms. The third kappa shape index (κ3) is 6.32. The summed E-state index contributed by atoms with van der Waals surface area (Å²) in [6.07, 6.45) is 4.40. The number of carboxylic acid groups (broad SMARTS) is 1. The third-order valence-corrected chi connectivity index (χ3v) is 6.67. The molecule has 0 aromatic heterocycles. The number of carboxylic acids is 1. The van der Waals surface area contributed by atoms with Crippen LogP contribution in [0, 0.1) is 11.8 Å². The largest absolute Gasteiger partial charge is 0.497 e. The smallest absolute Gasteiger partial charge is 0.307 e. The molecular weight excluding hydrogens is 456 g/mol. The van der Waals surface area contributed by atoms with E-state index in [2.05, 4.69) is 10.6 Å². The molecule has 2 aromatic rings. The minimum atomic E-state index is -0.963. The van der Waals surface area contributed by atoms with Crippen molar-refractivity contribution in [3.63, 3.8) is 0 Å². The number of benzene rings is 2. The van der Waals surface area contributed by atoms with Gasteiger partial charge in [0.1, 0.15) is 11.5 Å². The van der Waals surface area contributed by atoms with Crippen molar-refractivity contribution in [3.05, 3.63) is 54.6 Å². The minimum absolute atomic E-state index is 0.195. The zero-order valence-electron chi connectivity index (χ0n) is 19.2. The first-order chi connectivity index (χ1) is 16.3. The number of hydrogen-bond acceptors (Lipinski definition) is 6. The second kappa shape index (κ2) is 11.6. The van der Waals surface area contributed by atoms with E-state index < -0.39 is 23.1 Å². The van der Waals surface area contributed by atoms with Gasteiger partial charge in [0.2, 0.25) is 11.8 Å². The summed E-state index contributed by atoms with van der Waals surface area (Å²) in [4.78, 5) is 37.6. The molecule has 0 radical (unpaired) electrons. The highest BCUT2D eigenvalue weighted by atomic mass is 32.2. The lowest BCUT2D eigenvalue weighted by molar-refractivity contribution is -0.146. The molecule has 0 saturated carbocycles. The average Bonchev–Trinajstić information content (AvgIpc) is 2.84. The van der Waals surface area contributed by atoms with E-state index in [1.807, 2.05) is 18.2 Å². The highest BCUT2D eigenvalue weighted by Gasteiger charge is 2.33. The van der Waals surface area contributed by atoms with Crippen molar-refractivity contribution in [2.24, 2.45) is 11.8 Å². The van der Waals surface area contributed by atoms with E-state index in [0.717, 1.165) is 4.90 Å². The van der Waals surface area contributed by atoms with Gasteiger partial charge in [0, 0.05) is 16.6 Å². The molecule has 3 rings (SSSR count). The molecule has 1 aliphatic rings. The summed E-state index contributed by atoms with van der Waals surface area (Å²) in [5, 5.41) is 14.6. The van der Waals surface area contributed by atoms with Crippen LogP contribution < -0.4 is 20.1 Å². The second-order valence-corrected chi connectivity index (χ2v) is 9.24. The van der Waals surface area contributed by atoms with Gasteiger partial charge in [-0.05, 0) is 56.2 Å². The van der Waals surface area contributed by atoms with Gasteiger partial charge < -0.3 is 25.2 Å². The van der Waals surface area contributed by atoms with Gasteiger partial charge in [0.25, 0.3) is 0 Å². The summed E-state index contributed by atoms with van der Waals surface area (Å²) in [6, 6.07) is 12.3. The maximum atomic E-state index is 12.7. The van der Waals surface area contributed by atoms with Gasteiger partial charge in [-0.2, -0.15) is 0 Å². The number of ether oxygens (including phenoxy) is 2. The quantitative estimate of drug-likeness (QED) is 0.356. The van der Waals surface area contributed by atoms with Crippen LogP contribution in [0.2, 0.25) is 0 Å². The number of anilines is 2. The molecule has 9 heteroatoms. The maximum absolute atomic E-state index is 12.7. The van der Waals surface area contributed by atoms with Crippen LogP contribution in [-0.4, -0.2) is 42.4 Å². The van der Waals surface area contributed by atoms with Crippen LogP contribution in [0.3, 0.4) is 0 Å². The van der Waals surface area contributed by atoms with E-state index >= 15 is 0 Å². The van der Waals surface area contributed by atoms with Gasteiger partial charge in [-0.1, -0.05) is 12.2 Å². The molecule has 3 N–H and O–H groups in total. The van der Waals surface area contributed by atoms with Gasteiger partial charge in [0.15, 0.2) is 0 Å². The van der Waals surface area contributed by atoms with Crippen molar-refractivity contribution in [3.8, 4) is 11.5 Å². The first kappa shape index (κ1) is 25.2. The Kier molecular flexibility index (Phi) is 8.59. The molecule has 2 amide bonds. The Morgan fingerprint density at radius 1 is 0.971 bits per heavy atom. The van der Waals surface area contributed by atoms with Crippen LogP contribution >= 0.6 is 11.8 Å². The lowest BCUT2D eigenvalue weighted by Crippen LogP contribution is -2.34. The number of amides is 2. The SMILES string of the molecule is COc1ccc(OC)c(NC(=O)C(C)Sc2ccc(NC(=O)C3CC=CCC3C(=O)O)cc2)c1. The van der Waals surface area contributed by atoms with E-state index in [-0.39, 0.29) is 11.8 Å². The summed E-state index contributed by atoms with van der Waals surface area (Å²) in [7, 11) is 3.08.